The Morgan fingerprint density at radius 3 is 2.37 bits per heavy atom. The molecule has 1 aromatic carbocycles. The third-order valence-corrected chi connectivity index (χ3v) is 7.77. The lowest BCUT2D eigenvalue weighted by Crippen LogP contribution is -2.28. The van der Waals surface area contributed by atoms with Crippen LogP contribution in [0.4, 0.5) is 13.2 Å². The minimum atomic E-state index is -4.56. The van der Waals surface area contributed by atoms with Crippen LogP contribution in [-0.4, -0.2) is 41.8 Å². The van der Waals surface area contributed by atoms with Crippen LogP contribution in [0.15, 0.2) is 65.8 Å². The molecule has 10 nitrogen and oxygen atoms in total. The van der Waals surface area contributed by atoms with E-state index >= 15 is 0 Å². The fourth-order valence-electron chi connectivity index (χ4n) is 5.24. The van der Waals surface area contributed by atoms with Crippen molar-refractivity contribution >= 4 is 11.0 Å². The maximum Gasteiger partial charge on any atom is 0.433 e. The number of fused-ring (bicyclic) bond motifs is 1. The smallest absolute Gasteiger partial charge is 0.433 e. The van der Waals surface area contributed by atoms with Gasteiger partial charge >= 0.3 is 6.18 Å². The summed E-state index contributed by atoms with van der Waals surface area (Å²) in [6, 6.07) is 11.3. The number of aromatic nitrogens is 7. The fourth-order valence-corrected chi connectivity index (χ4v) is 5.24. The van der Waals surface area contributed by atoms with Gasteiger partial charge in [0.25, 0.3) is 5.56 Å². The Kier molecular flexibility index (Phi) is 7.65. The first kappa shape index (κ1) is 28.5. The number of hydrogen-bond acceptors (Lipinski definition) is 8. The summed E-state index contributed by atoms with van der Waals surface area (Å²) in [5.41, 5.74) is 0.765. The topological polar surface area (TPSA) is 121 Å². The van der Waals surface area contributed by atoms with E-state index in [-0.39, 0.29) is 29.4 Å². The number of methoxy groups -OCH3 is 1. The molecule has 43 heavy (non-hydrogen) atoms. The van der Waals surface area contributed by atoms with E-state index in [1.54, 1.807) is 31.1 Å². The molecule has 3 atom stereocenters. The summed E-state index contributed by atoms with van der Waals surface area (Å²) in [6.45, 7) is 2.11. The maximum absolute atomic E-state index is 13.6. The number of rotatable bonds is 9. The molecule has 222 valence electrons. The van der Waals surface area contributed by atoms with Gasteiger partial charge in [-0.1, -0.05) is 36.4 Å². The summed E-state index contributed by atoms with van der Waals surface area (Å²) in [5.74, 6) is 1.48. The van der Waals surface area contributed by atoms with Crippen molar-refractivity contribution in [3.8, 4) is 5.75 Å². The van der Waals surface area contributed by atoms with Crippen molar-refractivity contribution in [2.45, 2.75) is 57.0 Å². The van der Waals surface area contributed by atoms with Crippen molar-refractivity contribution in [1.29, 1.82) is 0 Å². The molecule has 1 saturated carbocycles. The van der Waals surface area contributed by atoms with Crippen LogP contribution in [0, 0.1) is 0 Å². The Labute approximate surface area is 244 Å². The van der Waals surface area contributed by atoms with Gasteiger partial charge in [-0.15, -0.1) is 0 Å². The highest BCUT2D eigenvalue weighted by molar-refractivity contribution is 5.77. The number of benzene rings is 1. The van der Waals surface area contributed by atoms with Gasteiger partial charge in [0, 0.05) is 18.0 Å². The molecule has 0 bridgehead atoms. The van der Waals surface area contributed by atoms with Crippen molar-refractivity contribution in [2.24, 2.45) is 0 Å². The Morgan fingerprint density at radius 2 is 1.74 bits per heavy atom. The van der Waals surface area contributed by atoms with Gasteiger partial charge in [-0.05, 0) is 37.0 Å². The van der Waals surface area contributed by atoms with Gasteiger partial charge in [-0.25, -0.2) is 19.6 Å². The fraction of sp³-hybridized carbons (Fsp3) is 0.333. The number of H-pyrrole nitrogens is 1. The molecule has 1 fully saturated rings. The Bertz CT molecular complexity index is 1770. The number of pyridine rings is 1. The van der Waals surface area contributed by atoms with E-state index in [0.29, 0.717) is 40.9 Å². The largest absolute Gasteiger partial charge is 0.494 e. The predicted molar refractivity (Wildman–Crippen MR) is 149 cm³/mol. The number of hydrogen-bond donors (Lipinski definition) is 1. The minimum Gasteiger partial charge on any atom is -0.494 e. The molecule has 0 aliphatic heterocycles. The van der Waals surface area contributed by atoms with Crippen LogP contribution in [0.2, 0.25) is 0 Å². The van der Waals surface area contributed by atoms with Crippen LogP contribution in [-0.2, 0) is 24.1 Å². The lowest BCUT2D eigenvalue weighted by Gasteiger charge is -2.34. The van der Waals surface area contributed by atoms with Gasteiger partial charge in [0.15, 0.2) is 11.4 Å². The summed E-state index contributed by atoms with van der Waals surface area (Å²) in [5, 5.41) is 4.95. The Morgan fingerprint density at radius 1 is 1.00 bits per heavy atom. The highest BCUT2D eigenvalue weighted by atomic mass is 19.4. The second-order valence-electron chi connectivity index (χ2n) is 10.4. The molecule has 1 aliphatic carbocycles. The van der Waals surface area contributed by atoms with Gasteiger partial charge in [0.05, 0.1) is 38.8 Å². The Hall–Kier alpha value is -4.65. The molecule has 2 unspecified atom stereocenters. The average Bonchev–Trinajstić information content (AvgIpc) is 3.35. The summed E-state index contributed by atoms with van der Waals surface area (Å²) in [6.07, 6.45) is 1.42. The van der Waals surface area contributed by atoms with Crippen molar-refractivity contribution in [3.05, 3.63) is 106 Å². The first-order valence-corrected chi connectivity index (χ1v) is 13.7. The number of aromatic amines is 1. The highest BCUT2D eigenvalue weighted by Crippen LogP contribution is 2.47. The van der Waals surface area contributed by atoms with Crippen molar-refractivity contribution in [2.75, 3.05) is 7.11 Å². The molecule has 6 rings (SSSR count). The highest BCUT2D eigenvalue weighted by Gasteiger charge is 2.38. The number of nitrogens with zero attached hydrogens (tertiary/aromatic N) is 6. The summed E-state index contributed by atoms with van der Waals surface area (Å²) >= 11 is 0. The molecule has 1 N–H and O–H groups in total. The molecular formula is C30H28F3N7O3. The van der Waals surface area contributed by atoms with Crippen LogP contribution in [0.25, 0.3) is 11.0 Å². The lowest BCUT2D eigenvalue weighted by molar-refractivity contribution is -0.141. The zero-order valence-electron chi connectivity index (χ0n) is 23.4. The van der Waals surface area contributed by atoms with E-state index in [1.165, 1.54) is 12.3 Å². The van der Waals surface area contributed by atoms with Crippen molar-refractivity contribution < 1.29 is 22.6 Å². The lowest BCUT2D eigenvalue weighted by atomic mass is 9.72. The first-order chi connectivity index (χ1) is 20.7. The summed E-state index contributed by atoms with van der Waals surface area (Å²) in [4.78, 5) is 33.8. The maximum atomic E-state index is 13.6. The molecule has 0 amide bonds. The number of nitrogens with one attached hydrogen (secondary N) is 1. The number of halogens is 3. The molecule has 4 aromatic heterocycles. The predicted octanol–water partition coefficient (Wildman–Crippen LogP) is 5.32. The van der Waals surface area contributed by atoms with E-state index in [2.05, 4.69) is 25.0 Å². The van der Waals surface area contributed by atoms with E-state index in [4.69, 9.17) is 14.5 Å². The van der Waals surface area contributed by atoms with E-state index < -0.39 is 17.9 Å². The van der Waals surface area contributed by atoms with Crippen molar-refractivity contribution in [1.82, 2.24) is 34.7 Å². The molecule has 5 aromatic rings. The molecule has 1 aliphatic rings. The first-order valence-electron chi connectivity index (χ1n) is 13.7. The average molecular weight is 592 g/mol. The van der Waals surface area contributed by atoms with Gasteiger partial charge in [0.1, 0.15) is 28.4 Å². The molecule has 0 saturated heterocycles. The quantitative estimate of drug-likeness (QED) is 0.245. The standard InChI is InChI=1S/C30H28F3N7O3/c1-17(19-8-11-24(34-12-19)30(31,32)33)40-28-25(23(39-40)16-43-15-18-6-4-3-5-7-18)29(41)38-27(37-28)22-10-9-21(22)26-35-13-20(42-2)14-36-26/h3-8,11-14,17,21-22H,9-10,15-16H2,1-2H3,(H,37,38,41)/t17-,21?,22?/m0/s1. The zero-order chi connectivity index (χ0) is 30.1. The van der Waals surface area contributed by atoms with Gasteiger partial charge in [-0.3, -0.25) is 9.78 Å². The number of alkyl halides is 3. The molecule has 0 spiro atoms. The monoisotopic (exact) mass is 591 g/mol. The Balaban J connectivity index is 1.36. The summed E-state index contributed by atoms with van der Waals surface area (Å²) in [7, 11) is 1.54. The van der Waals surface area contributed by atoms with Gasteiger partial charge in [-0.2, -0.15) is 18.3 Å². The van der Waals surface area contributed by atoms with Gasteiger partial charge in [0.2, 0.25) is 0 Å². The van der Waals surface area contributed by atoms with E-state index in [9.17, 15) is 18.0 Å². The van der Waals surface area contributed by atoms with E-state index in [1.807, 2.05) is 30.3 Å². The molecular weight excluding hydrogens is 563 g/mol. The van der Waals surface area contributed by atoms with Gasteiger partial charge < -0.3 is 14.5 Å². The molecule has 4 heterocycles. The second kappa shape index (κ2) is 11.6. The summed E-state index contributed by atoms with van der Waals surface area (Å²) < 4.78 is 52.0. The molecule has 13 heteroatoms. The minimum absolute atomic E-state index is 0.0340. The van der Waals surface area contributed by atoms with Crippen LogP contribution in [0.1, 0.15) is 71.8 Å². The second-order valence-corrected chi connectivity index (χ2v) is 10.4. The van der Waals surface area contributed by atoms with Crippen molar-refractivity contribution in [3.63, 3.8) is 0 Å². The van der Waals surface area contributed by atoms with Crippen LogP contribution in [0.3, 0.4) is 0 Å². The normalized spacial score (nSPS) is 17.5. The van der Waals surface area contributed by atoms with Crippen LogP contribution >= 0.6 is 0 Å². The molecule has 0 radical (unpaired) electrons. The number of ether oxygens (including phenoxy) is 2. The third kappa shape index (κ3) is 5.72. The third-order valence-electron chi connectivity index (χ3n) is 7.77. The zero-order valence-corrected chi connectivity index (χ0v) is 23.4. The SMILES string of the molecule is COc1cnc(C2CCC2c2nc3c(c(COCc4ccccc4)nn3[C@@H](C)c3ccc(C(F)(F)F)nc3)c(=O)[nH]2)nc1. The van der Waals surface area contributed by atoms with Crippen LogP contribution in [0.5, 0.6) is 5.75 Å². The van der Waals surface area contributed by atoms with Crippen LogP contribution < -0.4 is 10.3 Å². The van der Waals surface area contributed by atoms with E-state index in [0.717, 1.165) is 24.5 Å².